The van der Waals surface area contributed by atoms with Crippen molar-refractivity contribution in [2.24, 2.45) is 0 Å². The maximum absolute atomic E-state index is 12.1. The van der Waals surface area contributed by atoms with Crippen molar-refractivity contribution in [3.8, 4) is 0 Å². The number of carbonyl (C=O) groups excluding carboxylic acids is 3. The van der Waals surface area contributed by atoms with Crippen LogP contribution in [0.15, 0.2) is 42.5 Å². The number of ketones is 1. The van der Waals surface area contributed by atoms with E-state index in [0.29, 0.717) is 16.8 Å². The smallest absolute Gasteiger partial charge is 0.338 e. The number of amides is 1. The summed E-state index contributed by atoms with van der Waals surface area (Å²) in [4.78, 5) is 35.0. The first-order valence-corrected chi connectivity index (χ1v) is 7.52. The molecule has 0 aromatic heterocycles. The third kappa shape index (κ3) is 4.52. The number of rotatable bonds is 5. The summed E-state index contributed by atoms with van der Waals surface area (Å²) in [5, 5.41) is 2.61. The van der Waals surface area contributed by atoms with Crippen molar-refractivity contribution < 1.29 is 19.1 Å². The van der Waals surface area contributed by atoms with Gasteiger partial charge in [-0.15, -0.1) is 0 Å². The molecule has 0 unspecified atom stereocenters. The Kier molecular flexibility index (Phi) is 5.47. The number of nitrogens with one attached hydrogen (secondary N) is 1. The molecule has 0 atom stereocenters. The molecule has 1 N–H and O–H groups in total. The van der Waals surface area contributed by atoms with Crippen molar-refractivity contribution >= 4 is 23.3 Å². The SMILES string of the molecule is CC(=O)Nc1ccc(C(=O)OCC(=O)c2ccc(C)c(C)c2)cc1. The minimum atomic E-state index is -0.582. The molecule has 2 rings (SSSR count). The second kappa shape index (κ2) is 7.55. The molecule has 0 bridgehead atoms. The quantitative estimate of drug-likeness (QED) is 0.676. The molecule has 2 aromatic carbocycles. The molecule has 124 valence electrons. The van der Waals surface area contributed by atoms with Crippen LogP contribution in [0, 0.1) is 13.8 Å². The van der Waals surface area contributed by atoms with Crippen LogP contribution in [-0.4, -0.2) is 24.3 Å². The Morgan fingerprint density at radius 2 is 1.54 bits per heavy atom. The van der Waals surface area contributed by atoms with E-state index in [9.17, 15) is 14.4 Å². The van der Waals surface area contributed by atoms with E-state index in [1.807, 2.05) is 19.9 Å². The van der Waals surface area contributed by atoms with Gasteiger partial charge in [0.25, 0.3) is 0 Å². The summed E-state index contributed by atoms with van der Waals surface area (Å²) < 4.78 is 5.06. The fourth-order valence-corrected chi connectivity index (χ4v) is 2.11. The minimum absolute atomic E-state index is 0.190. The van der Waals surface area contributed by atoms with E-state index in [-0.39, 0.29) is 18.3 Å². The van der Waals surface area contributed by atoms with Crippen molar-refractivity contribution in [1.82, 2.24) is 0 Å². The molecule has 0 spiro atoms. The van der Waals surface area contributed by atoms with Gasteiger partial charge in [0, 0.05) is 18.2 Å². The van der Waals surface area contributed by atoms with E-state index in [0.717, 1.165) is 11.1 Å². The molecular weight excluding hydrogens is 306 g/mol. The molecule has 0 aliphatic rings. The standard InChI is InChI=1S/C19H19NO4/c1-12-4-5-16(10-13(12)2)18(22)11-24-19(23)15-6-8-17(9-7-15)20-14(3)21/h4-10H,11H2,1-3H3,(H,20,21). The summed E-state index contributed by atoms with van der Waals surface area (Å²) in [6.07, 6.45) is 0. The van der Waals surface area contributed by atoms with Gasteiger partial charge in [-0.3, -0.25) is 9.59 Å². The molecule has 0 fully saturated rings. The van der Waals surface area contributed by atoms with Crippen molar-refractivity contribution in [1.29, 1.82) is 0 Å². The molecule has 5 nitrogen and oxygen atoms in total. The minimum Gasteiger partial charge on any atom is -0.454 e. The van der Waals surface area contributed by atoms with Crippen LogP contribution in [0.2, 0.25) is 0 Å². The maximum atomic E-state index is 12.1. The van der Waals surface area contributed by atoms with Crippen LogP contribution >= 0.6 is 0 Å². The van der Waals surface area contributed by atoms with Crippen LogP contribution in [0.4, 0.5) is 5.69 Å². The van der Waals surface area contributed by atoms with Gasteiger partial charge in [-0.05, 0) is 55.3 Å². The lowest BCUT2D eigenvalue weighted by molar-refractivity contribution is -0.114. The average Bonchev–Trinajstić information content (AvgIpc) is 2.55. The Morgan fingerprint density at radius 1 is 0.917 bits per heavy atom. The fourth-order valence-electron chi connectivity index (χ4n) is 2.11. The molecule has 0 aliphatic carbocycles. The van der Waals surface area contributed by atoms with E-state index in [4.69, 9.17) is 4.74 Å². The van der Waals surface area contributed by atoms with E-state index < -0.39 is 5.97 Å². The topological polar surface area (TPSA) is 72.5 Å². The van der Waals surface area contributed by atoms with Gasteiger partial charge in [0.15, 0.2) is 12.4 Å². The molecule has 0 heterocycles. The van der Waals surface area contributed by atoms with Crippen LogP contribution in [0.1, 0.15) is 38.8 Å². The second-order valence-electron chi connectivity index (χ2n) is 5.56. The number of aryl methyl sites for hydroxylation is 2. The highest BCUT2D eigenvalue weighted by Gasteiger charge is 2.12. The lowest BCUT2D eigenvalue weighted by Gasteiger charge is -2.07. The molecule has 2 aromatic rings. The fraction of sp³-hybridized carbons (Fsp3) is 0.211. The molecule has 0 aliphatic heterocycles. The van der Waals surface area contributed by atoms with Crippen LogP contribution in [-0.2, 0) is 9.53 Å². The Labute approximate surface area is 140 Å². The predicted molar refractivity (Wildman–Crippen MR) is 91.3 cm³/mol. The molecule has 1 amide bonds. The maximum Gasteiger partial charge on any atom is 0.338 e. The number of carbonyl (C=O) groups is 3. The zero-order valence-corrected chi connectivity index (χ0v) is 13.9. The zero-order chi connectivity index (χ0) is 17.7. The monoisotopic (exact) mass is 325 g/mol. The molecular formula is C19H19NO4. The zero-order valence-electron chi connectivity index (χ0n) is 13.9. The highest BCUT2D eigenvalue weighted by Crippen LogP contribution is 2.12. The third-order valence-corrected chi connectivity index (χ3v) is 3.60. The largest absolute Gasteiger partial charge is 0.454 e. The van der Waals surface area contributed by atoms with E-state index in [2.05, 4.69) is 5.32 Å². The van der Waals surface area contributed by atoms with Crippen molar-refractivity contribution in [2.75, 3.05) is 11.9 Å². The number of hydrogen-bond donors (Lipinski definition) is 1. The number of esters is 1. The number of anilines is 1. The van der Waals surface area contributed by atoms with Crippen molar-refractivity contribution in [2.45, 2.75) is 20.8 Å². The first-order chi connectivity index (χ1) is 11.4. The van der Waals surface area contributed by atoms with Gasteiger partial charge in [-0.1, -0.05) is 12.1 Å². The third-order valence-electron chi connectivity index (χ3n) is 3.60. The first kappa shape index (κ1) is 17.4. The van der Waals surface area contributed by atoms with Gasteiger partial charge >= 0.3 is 5.97 Å². The van der Waals surface area contributed by atoms with E-state index in [1.54, 1.807) is 24.3 Å². The average molecular weight is 325 g/mol. The first-order valence-electron chi connectivity index (χ1n) is 7.52. The van der Waals surface area contributed by atoms with Crippen molar-refractivity contribution in [3.63, 3.8) is 0 Å². The van der Waals surface area contributed by atoms with Crippen molar-refractivity contribution in [3.05, 3.63) is 64.7 Å². The molecule has 0 saturated carbocycles. The Bertz CT molecular complexity index is 778. The highest BCUT2D eigenvalue weighted by molar-refractivity contribution is 5.99. The predicted octanol–water partition coefficient (Wildman–Crippen LogP) is 3.30. The number of ether oxygens (including phenoxy) is 1. The van der Waals surface area contributed by atoms with E-state index >= 15 is 0 Å². The summed E-state index contributed by atoms with van der Waals surface area (Å²) in [6.45, 7) is 4.98. The number of Topliss-reactive ketones (excluding diaryl/α,β-unsaturated/α-hetero) is 1. The summed E-state index contributed by atoms with van der Waals surface area (Å²) in [5.74, 6) is -1.02. The van der Waals surface area contributed by atoms with Gasteiger partial charge in [-0.25, -0.2) is 4.79 Å². The van der Waals surface area contributed by atoms with Gasteiger partial charge in [0.1, 0.15) is 0 Å². The second-order valence-corrected chi connectivity index (χ2v) is 5.56. The van der Waals surface area contributed by atoms with Crippen LogP contribution in [0.3, 0.4) is 0 Å². The van der Waals surface area contributed by atoms with Crippen LogP contribution in [0.25, 0.3) is 0 Å². The van der Waals surface area contributed by atoms with Gasteiger partial charge in [0.2, 0.25) is 5.91 Å². The van der Waals surface area contributed by atoms with Gasteiger partial charge < -0.3 is 10.1 Å². The summed E-state index contributed by atoms with van der Waals surface area (Å²) >= 11 is 0. The summed E-state index contributed by atoms with van der Waals surface area (Å²) in [6, 6.07) is 11.6. The Hall–Kier alpha value is -2.95. The molecule has 24 heavy (non-hydrogen) atoms. The molecule has 0 radical (unpaired) electrons. The molecule has 5 heteroatoms. The molecule has 0 saturated heterocycles. The van der Waals surface area contributed by atoms with Gasteiger partial charge in [-0.2, -0.15) is 0 Å². The highest BCUT2D eigenvalue weighted by atomic mass is 16.5. The van der Waals surface area contributed by atoms with Gasteiger partial charge in [0.05, 0.1) is 5.56 Å². The Morgan fingerprint density at radius 3 is 2.12 bits per heavy atom. The summed E-state index contributed by atoms with van der Waals surface area (Å²) in [5.41, 5.74) is 3.54. The van der Waals surface area contributed by atoms with Crippen LogP contribution in [0.5, 0.6) is 0 Å². The lowest BCUT2D eigenvalue weighted by Crippen LogP contribution is -2.14. The Balaban J connectivity index is 1.95. The lowest BCUT2D eigenvalue weighted by atomic mass is 10.0. The summed E-state index contributed by atoms with van der Waals surface area (Å²) in [7, 11) is 0. The number of benzene rings is 2. The van der Waals surface area contributed by atoms with Crippen LogP contribution < -0.4 is 5.32 Å². The number of hydrogen-bond acceptors (Lipinski definition) is 4. The van der Waals surface area contributed by atoms with E-state index in [1.165, 1.54) is 19.1 Å². The normalized spacial score (nSPS) is 10.1.